The molecule has 7 heteroatoms. The fraction of sp³-hybridized carbons (Fsp3) is 0.889. The molecule has 0 aromatic heterocycles. The molecule has 0 aromatic carbocycles. The van der Waals surface area contributed by atoms with Crippen LogP contribution in [-0.2, 0) is 19.4 Å². The lowest BCUT2D eigenvalue weighted by Gasteiger charge is -2.16. The van der Waals surface area contributed by atoms with Crippen LogP contribution in [0.15, 0.2) is 0 Å². The molecular weight excluding hydrogens is 234 g/mol. The number of carbonyl (C=O) groups excluding carboxylic acids is 1. The molecule has 96 valence electrons. The van der Waals surface area contributed by atoms with Gasteiger partial charge < -0.3 is 15.2 Å². The third-order valence-electron chi connectivity index (χ3n) is 1.99. The van der Waals surface area contributed by atoms with Gasteiger partial charge in [0.15, 0.2) is 9.84 Å². The van der Waals surface area contributed by atoms with Crippen molar-refractivity contribution in [1.29, 1.82) is 0 Å². The first-order valence-corrected chi connectivity index (χ1v) is 6.88. The predicted molar refractivity (Wildman–Crippen MR) is 59.8 cm³/mol. The summed E-state index contributed by atoms with van der Waals surface area (Å²) in [6.45, 7) is 2.36. The Kier molecular flexibility index (Phi) is 7.27. The fourth-order valence-corrected chi connectivity index (χ4v) is 2.79. The van der Waals surface area contributed by atoms with Crippen molar-refractivity contribution in [2.45, 2.75) is 19.4 Å². The van der Waals surface area contributed by atoms with Crippen LogP contribution in [0.2, 0.25) is 0 Å². The molecule has 1 atom stereocenters. The van der Waals surface area contributed by atoms with Crippen LogP contribution in [0.25, 0.3) is 0 Å². The maximum atomic E-state index is 11.5. The van der Waals surface area contributed by atoms with E-state index in [0.29, 0.717) is 13.0 Å². The molecule has 0 radical (unpaired) electrons. The molecule has 0 saturated carbocycles. The minimum Gasteiger partial charge on any atom is -0.468 e. The number of aliphatic hydroxyl groups excluding tert-OH is 1. The van der Waals surface area contributed by atoms with Gasteiger partial charge in [-0.25, -0.2) is 8.42 Å². The minimum absolute atomic E-state index is 0.0919. The Hall–Kier alpha value is -0.660. The summed E-state index contributed by atoms with van der Waals surface area (Å²) in [6, 6.07) is -0.329. The Morgan fingerprint density at radius 3 is 2.56 bits per heavy atom. The van der Waals surface area contributed by atoms with Gasteiger partial charge in [0.05, 0.1) is 12.9 Å². The molecule has 6 nitrogen and oxygen atoms in total. The average molecular weight is 253 g/mol. The second-order valence-electron chi connectivity index (χ2n) is 3.40. The summed E-state index contributed by atoms with van der Waals surface area (Å²) in [7, 11) is -2.34. The summed E-state index contributed by atoms with van der Waals surface area (Å²) in [5, 5.41) is 11.7. The molecule has 0 bridgehead atoms. The Morgan fingerprint density at radius 1 is 1.50 bits per heavy atom. The van der Waals surface area contributed by atoms with Crippen molar-refractivity contribution in [2.75, 3.05) is 31.8 Å². The molecule has 0 aliphatic rings. The van der Waals surface area contributed by atoms with Crippen molar-refractivity contribution in [1.82, 2.24) is 5.32 Å². The molecule has 0 amide bonds. The average Bonchev–Trinajstić information content (AvgIpc) is 2.17. The van der Waals surface area contributed by atoms with Crippen molar-refractivity contribution < 1.29 is 23.1 Å². The number of methoxy groups -OCH3 is 1. The zero-order chi connectivity index (χ0) is 12.6. The number of ether oxygens (including phenoxy) is 1. The summed E-state index contributed by atoms with van der Waals surface area (Å²) in [5.41, 5.74) is 0. The van der Waals surface area contributed by atoms with E-state index >= 15 is 0 Å². The van der Waals surface area contributed by atoms with Crippen molar-refractivity contribution in [3.8, 4) is 0 Å². The van der Waals surface area contributed by atoms with Crippen LogP contribution in [-0.4, -0.2) is 57.3 Å². The lowest BCUT2D eigenvalue weighted by atomic mass is 10.2. The third-order valence-corrected chi connectivity index (χ3v) is 3.58. The van der Waals surface area contributed by atoms with E-state index in [1.54, 1.807) is 0 Å². The molecule has 2 N–H and O–H groups in total. The van der Waals surface area contributed by atoms with Crippen LogP contribution >= 0.6 is 0 Å². The zero-order valence-electron chi connectivity index (χ0n) is 9.60. The quantitative estimate of drug-likeness (QED) is 0.535. The van der Waals surface area contributed by atoms with E-state index in [0.717, 1.165) is 7.11 Å². The first-order valence-electron chi connectivity index (χ1n) is 5.06. The lowest BCUT2D eigenvalue weighted by Crippen LogP contribution is -2.38. The highest BCUT2D eigenvalue weighted by atomic mass is 32.2. The first-order chi connectivity index (χ1) is 7.45. The van der Waals surface area contributed by atoms with Gasteiger partial charge in [-0.2, -0.15) is 0 Å². The molecule has 0 rings (SSSR count). The molecule has 0 spiro atoms. The molecular formula is C9H19NO5S. The summed E-state index contributed by atoms with van der Waals surface area (Å²) >= 11 is 0. The summed E-state index contributed by atoms with van der Waals surface area (Å²) < 4.78 is 27.4. The van der Waals surface area contributed by atoms with Gasteiger partial charge in [-0.15, -0.1) is 0 Å². The Labute approximate surface area is 95.9 Å². The SMILES string of the molecule is CCNC(CCO)CS(=O)(=O)CC(=O)OC. The second kappa shape index (κ2) is 7.59. The molecule has 0 heterocycles. The molecule has 0 aromatic rings. The third kappa shape index (κ3) is 6.76. The maximum absolute atomic E-state index is 11.5. The first kappa shape index (κ1) is 15.3. The van der Waals surface area contributed by atoms with Crippen LogP contribution in [0, 0.1) is 0 Å². The van der Waals surface area contributed by atoms with Crippen molar-refractivity contribution in [3.05, 3.63) is 0 Å². The summed E-state index contributed by atoms with van der Waals surface area (Å²) in [4.78, 5) is 10.9. The van der Waals surface area contributed by atoms with E-state index in [4.69, 9.17) is 5.11 Å². The van der Waals surface area contributed by atoms with Gasteiger partial charge in [-0.05, 0) is 13.0 Å². The van der Waals surface area contributed by atoms with Gasteiger partial charge in [0.2, 0.25) is 0 Å². The van der Waals surface area contributed by atoms with Gasteiger partial charge in [-0.1, -0.05) is 6.92 Å². The highest BCUT2D eigenvalue weighted by Crippen LogP contribution is 2.00. The number of esters is 1. The highest BCUT2D eigenvalue weighted by Gasteiger charge is 2.21. The van der Waals surface area contributed by atoms with E-state index in [-0.39, 0.29) is 18.4 Å². The van der Waals surface area contributed by atoms with Gasteiger partial charge in [0.25, 0.3) is 0 Å². The smallest absolute Gasteiger partial charge is 0.320 e. The Bertz CT molecular complexity index is 295. The van der Waals surface area contributed by atoms with Gasteiger partial charge in [-0.3, -0.25) is 4.79 Å². The van der Waals surface area contributed by atoms with Gasteiger partial charge in [0, 0.05) is 12.6 Å². The van der Waals surface area contributed by atoms with Crippen LogP contribution in [0.5, 0.6) is 0 Å². The number of aliphatic hydroxyl groups is 1. The monoisotopic (exact) mass is 253 g/mol. The second-order valence-corrected chi connectivity index (χ2v) is 5.51. The normalized spacial score (nSPS) is 13.4. The van der Waals surface area contributed by atoms with Crippen molar-refractivity contribution in [2.24, 2.45) is 0 Å². The molecule has 0 saturated heterocycles. The number of carbonyl (C=O) groups is 1. The minimum atomic E-state index is -3.48. The summed E-state index contributed by atoms with van der Waals surface area (Å²) in [6.07, 6.45) is 0.342. The van der Waals surface area contributed by atoms with Gasteiger partial charge >= 0.3 is 5.97 Å². The molecule has 16 heavy (non-hydrogen) atoms. The highest BCUT2D eigenvalue weighted by molar-refractivity contribution is 7.92. The van der Waals surface area contributed by atoms with E-state index in [2.05, 4.69) is 10.1 Å². The number of hydrogen-bond acceptors (Lipinski definition) is 6. The molecule has 0 aliphatic carbocycles. The number of sulfone groups is 1. The molecule has 1 unspecified atom stereocenters. The van der Waals surface area contributed by atoms with E-state index in [1.807, 2.05) is 6.92 Å². The Balaban J connectivity index is 4.35. The Morgan fingerprint density at radius 2 is 2.12 bits per heavy atom. The van der Waals surface area contributed by atoms with Crippen LogP contribution in [0.3, 0.4) is 0 Å². The number of rotatable bonds is 8. The largest absolute Gasteiger partial charge is 0.468 e. The van der Waals surface area contributed by atoms with Crippen molar-refractivity contribution in [3.63, 3.8) is 0 Å². The van der Waals surface area contributed by atoms with Crippen LogP contribution in [0.4, 0.5) is 0 Å². The predicted octanol–water partition coefficient (Wildman–Crippen LogP) is -1.07. The van der Waals surface area contributed by atoms with Crippen molar-refractivity contribution >= 4 is 15.8 Å². The topological polar surface area (TPSA) is 92.7 Å². The standard InChI is InChI=1S/C9H19NO5S/c1-3-10-8(4-5-11)6-16(13,14)7-9(12)15-2/h8,10-11H,3-7H2,1-2H3. The van der Waals surface area contributed by atoms with Crippen LogP contribution < -0.4 is 5.32 Å². The lowest BCUT2D eigenvalue weighted by molar-refractivity contribution is -0.137. The number of hydrogen-bond donors (Lipinski definition) is 2. The van der Waals surface area contributed by atoms with E-state index < -0.39 is 21.6 Å². The van der Waals surface area contributed by atoms with E-state index in [9.17, 15) is 13.2 Å². The molecule has 0 fully saturated rings. The zero-order valence-corrected chi connectivity index (χ0v) is 10.4. The van der Waals surface area contributed by atoms with Gasteiger partial charge in [0.1, 0.15) is 5.75 Å². The number of nitrogens with one attached hydrogen (secondary N) is 1. The van der Waals surface area contributed by atoms with Crippen LogP contribution in [0.1, 0.15) is 13.3 Å². The summed E-state index contributed by atoms with van der Waals surface area (Å²) in [5.74, 6) is -1.55. The maximum Gasteiger partial charge on any atom is 0.320 e. The van der Waals surface area contributed by atoms with E-state index in [1.165, 1.54) is 0 Å². The fourth-order valence-electron chi connectivity index (χ4n) is 1.29. The molecule has 0 aliphatic heterocycles.